The van der Waals surface area contributed by atoms with E-state index in [9.17, 15) is 9.18 Å². The lowest BCUT2D eigenvalue weighted by Gasteiger charge is -2.32. The van der Waals surface area contributed by atoms with Crippen LogP contribution in [0.2, 0.25) is 0 Å². The summed E-state index contributed by atoms with van der Waals surface area (Å²) in [6, 6.07) is 7.35. The average molecular weight is 384 g/mol. The number of rotatable bonds is 7. The maximum atomic E-state index is 13.0. The van der Waals surface area contributed by atoms with Gasteiger partial charge in [0.25, 0.3) is 0 Å². The van der Waals surface area contributed by atoms with Gasteiger partial charge in [-0.05, 0) is 49.4 Å². The van der Waals surface area contributed by atoms with Crippen LogP contribution < -0.4 is 10.2 Å². The van der Waals surface area contributed by atoms with E-state index in [1.807, 2.05) is 12.1 Å². The van der Waals surface area contributed by atoms with Crippen LogP contribution in [0.5, 0.6) is 0 Å². The number of aromatic nitrogens is 2. The molecule has 2 atom stereocenters. The van der Waals surface area contributed by atoms with Crippen molar-refractivity contribution >= 4 is 11.7 Å². The minimum absolute atomic E-state index is 0.181. The molecular weight excluding hydrogens is 359 g/mol. The van der Waals surface area contributed by atoms with Crippen LogP contribution >= 0.6 is 0 Å². The van der Waals surface area contributed by atoms with Crippen molar-refractivity contribution in [1.29, 1.82) is 0 Å². The van der Waals surface area contributed by atoms with Gasteiger partial charge < -0.3 is 15.3 Å². The first-order valence-electron chi connectivity index (χ1n) is 9.84. The molecule has 0 spiro atoms. The summed E-state index contributed by atoms with van der Waals surface area (Å²) in [7, 11) is 0. The Morgan fingerprint density at radius 2 is 1.86 bits per heavy atom. The van der Waals surface area contributed by atoms with Gasteiger partial charge in [0, 0.05) is 37.4 Å². The van der Waals surface area contributed by atoms with Crippen LogP contribution in [-0.2, 0) is 0 Å². The fourth-order valence-corrected chi connectivity index (χ4v) is 3.87. The molecule has 1 aromatic carbocycles. The molecule has 6 nitrogen and oxygen atoms in total. The number of carbonyl (C=O) groups is 1. The fourth-order valence-electron chi connectivity index (χ4n) is 3.87. The average Bonchev–Trinajstić information content (AvgIpc) is 3.52. The Morgan fingerprint density at radius 1 is 1.18 bits per heavy atom. The lowest BCUT2D eigenvalue weighted by molar-refractivity contribution is 0.0903. The highest BCUT2D eigenvalue weighted by Crippen LogP contribution is 2.41. The quantitative estimate of drug-likeness (QED) is 0.713. The van der Waals surface area contributed by atoms with E-state index in [0.29, 0.717) is 29.4 Å². The zero-order valence-corrected chi connectivity index (χ0v) is 15.7. The van der Waals surface area contributed by atoms with Gasteiger partial charge in [-0.2, -0.15) is 0 Å². The van der Waals surface area contributed by atoms with E-state index in [2.05, 4.69) is 20.2 Å². The first kappa shape index (κ1) is 19.0. The number of anilines is 1. The van der Waals surface area contributed by atoms with Crippen LogP contribution in [0.1, 0.15) is 41.1 Å². The van der Waals surface area contributed by atoms with E-state index in [4.69, 9.17) is 5.11 Å². The molecule has 2 aromatic rings. The Bertz CT molecular complexity index is 804. The summed E-state index contributed by atoms with van der Waals surface area (Å²) >= 11 is 0. The summed E-state index contributed by atoms with van der Waals surface area (Å²) in [4.78, 5) is 22.1. The van der Waals surface area contributed by atoms with E-state index >= 15 is 0 Å². The molecule has 1 aromatic heterocycles. The highest BCUT2D eigenvalue weighted by molar-refractivity contribution is 5.96. The molecule has 1 aliphatic heterocycles. The Balaban J connectivity index is 1.21. The largest absolute Gasteiger partial charge is 0.388 e. The normalized spacial score (nSPS) is 22.3. The molecular formula is C21H25FN4O2. The van der Waals surface area contributed by atoms with E-state index in [1.54, 1.807) is 0 Å². The zero-order valence-electron chi connectivity index (χ0n) is 15.7. The fraction of sp³-hybridized carbons (Fsp3) is 0.476. The monoisotopic (exact) mass is 384 g/mol. The number of aliphatic hydroxyl groups is 1. The second kappa shape index (κ2) is 8.32. The molecule has 2 heterocycles. The van der Waals surface area contributed by atoms with Gasteiger partial charge in [0.1, 0.15) is 12.4 Å². The van der Waals surface area contributed by atoms with Crippen LogP contribution in [0.4, 0.5) is 10.3 Å². The van der Waals surface area contributed by atoms with Crippen LogP contribution in [0.3, 0.4) is 0 Å². The molecule has 2 fully saturated rings. The third kappa shape index (κ3) is 4.36. The molecule has 1 aliphatic carbocycles. The summed E-state index contributed by atoms with van der Waals surface area (Å²) < 4.78 is 13.0. The van der Waals surface area contributed by atoms with Gasteiger partial charge in [-0.1, -0.05) is 12.1 Å². The van der Waals surface area contributed by atoms with Crippen LogP contribution in [0.15, 0.2) is 36.7 Å². The molecule has 2 N–H and O–H groups in total. The van der Waals surface area contributed by atoms with E-state index in [0.717, 1.165) is 38.9 Å². The minimum atomic E-state index is -0.524. The van der Waals surface area contributed by atoms with E-state index in [-0.39, 0.29) is 11.6 Å². The number of nitrogens with one attached hydrogen (secondary N) is 1. The number of Topliss-reactive ketones (excluding diaryl/α,β-unsaturated/α-hetero) is 1. The molecule has 7 heteroatoms. The van der Waals surface area contributed by atoms with Crippen molar-refractivity contribution < 1.29 is 14.3 Å². The maximum absolute atomic E-state index is 13.0. The minimum Gasteiger partial charge on any atom is -0.388 e. The molecule has 2 aliphatic rings. The van der Waals surface area contributed by atoms with Crippen molar-refractivity contribution in [3.05, 3.63) is 53.6 Å². The van der Waals surface area contributed by atoms with Gasteiger partial charge in [-0.25, -0.2) is 14.4 Å². The second-order valence-corrected chi connectivity index (χ2v) is 7.69. The van der Waals surface area contributed by atoms with E-state index in [1.165, 1.54) is 30.1 Å². The predicted molar refractivity (Wildman–Crippen MR) is 104 cm³/mol. The first-order valence-corrected chi connectivity index (χ1v) is 9.84. The molecule has 4 rings (SSSR count). The number of hydrogen-bond acceptors (Lipinski definition) is 6. The summed E-state index contributed by atoms with van der Waals surface area (Å²) in [6.45, 7) is 2.27. The van der Waals surface area contributed by atoms with Gasteiger partial charge >= 0.3 is 0 Å². The van der Waals surface area contributed by atoms with Crippen molar-refractivity contribution in [3.8, 4) is 0 Å². The molecule has 148 valence electrons. The lowest BCUT2D eigenvalue weighted by Crippen LogP contribution is -2.38. The van der Waals surface area contributed by atoms with Crippen molar-refractivity contribution in [2.24, 2.45) is 5.92 Å². The molecule has 28 heavy (non-hydrogen) atoms. The molecule has 0 bridgehead atoms. The molecule has 0 amide bonds. The van der Waals surface area contributed by atoms with Gasteiger partial charge in [0.2, 0.25) is 5.95 Å². The number of aliphatic hydroxyl groups excluding tert-OH is 1. The molecule has 0 radical (unpaired) electrons. The summed E-state index contributed by atoms with van der Waals surface area (Å²) in [5.74, 6) is 1.23. The summed E-state index contributed by atoms with van der Waals surface area (Å²) in [6.07, 6.45) is 6.23. The number of nitrogens with zero attached hydrogens (tertiary/aromatic N) is 3. The Labute approximate surface area is 163 Å². The number of ketones is 1. The topological polar surface area (TPSA) is 78.3 Å². The molecule has 1 saturated heterocycles. The third-order valence-corrected chi connectivity index (χ3v) is 5.76. The number of piperidine rings is 1. The lowest BCUT2D eigenvalue weighted by atomic mass is 9.97. The van der Waals surface area contributed by atoms with Crippen molar-refractivity contribution in [3.63, 3.8) is 0 Å². The second-order valence-electron chi connectivity index (χ2n) is 7.69. The Kier molecular flexibility index (Phi) is 5.64. The third-order valence-electron chi connectivity index (χ3n) is 5.76. The molecule has 0 unspecified atom stereocenters. The zero-order chi connectivity index (χ0) is 19.5. The number of benzene rings is 1. The smallest absolute Gasteiger partial charge is 0.225 e. The Hall–Kier alpha value is -2.38. The van der Waals surface area contributed by atoms with Gasteiger partial charge in [0.05, 0.1) is 5.56 Å². The Morgan fingerprint density at radius 3 is 2.50 bits per heavy atom. The van der Waals surface area contributed by atoms with Crippen molar-refractivity contribution in [1.82, 2.24) is 15.3 Å². The van der Waals surface area contributed by atoms with Crippen molar-refractivity contribution in [2.45, 2.75) is 31.2 Å². The van der Waals surface area contributed by atoms with E-state index < -0.39 is 6.61 Å². The predicted octanol–water partition coefficient (Wildman–Crippen LogP) is 2.15. The SMILES string of the molecule is O=C(CO)c1cnc(N2CCC(CN[C@@H]3C[C@H]3c3ccc(F)cc3)CC2)nc1. The molecule has 1 saturated carbocycles. The number of hydrogen-bond donors (Lipinski definition) is 2. The number of halogens is 1. The van der Waals surface area contributed by atoms with Gasteiger partial charge in [0.15, 0.2) is 5.78 Å². The first-order chi connectivity index (χ1) is 13.6. The number of carbonyl (C=O) groups excluding carboxylic acids is 1. The van der Waals surface area contributed by atoms with Crippen LogP contribution in [0.25, 0.3) is 0 Å². The van der Waals surface area contributed by atoms with Crippen molar-refractivity contribution in [2.75, 3.05) is 31.1 Å². The standard InChI is InChI=1S/C21H25FN4O2/c22-17-3-1-15(2-4-17)18-9-19(18)23-10-14-5-7-26(8-6-14)21-24-11-16(12-25-21)20(28)13-27/h1-4,11-12,14,18-19,23,27H,5-10,13H2/t18-,19+/m0/s1. The highest BCUT2D eigenvalue weighted by Gasteiger charge is 2.38. The maximum Gasteiger partial charge on any atom is 0.225 e. The van der Waals surface area contributed by atoms with Crippen LogP contribution in [0, 0.1) is 11.7 Å². The van der Waals surface area contributed by atoms with Gasteiger partial charge in [-0.15, -0.1) is 0 Å². The van der Waals surface area contributed by atoms with Gasteiger partial charge in [-0.3, -0.25) is 4.79 Å². The van der Waals surface area contributed by atoms with Crippen LogP contribution in [-0.4, -0.2) is 53.1 Å². The summed E-state index contributed by atoms with van der Waals surface area (Å²) in [5, 5.41) is 12.6. The highest BCUT2D eigenvalue weighted by atomic mass is 19.1. The summed E-state index contributed by atoms with van der Waals surface area (Å²) in [5.41, 5.74) is 1.56.